The SMILES string of the molecule is O=c1c(I)ccc(-c2c(F)cccc2F)n1CC(F)F. The molecule has 2 rings (SSSR count). The molecular weight excluding hydrogens is 389 g/mol. The topological polar surface area (TPSA) is 22.0 Å². The molecule has 0 saturated heterocycles. The van der Waals surface area contributed by atoms with E-state index in [-0.39, 0.29) is 9.26 Å². The molecule has 1 aromatic heterocycles. The van der Waals surface area contributed by atoms with Gasteiger partial charge in [-0.25, -0.2) is 17.6 Å². The number of rotatable bonds is 3. The third-order valence-electron chi connectivity index (χ3n) is 2.67. The molecule has 2 aromatic rings. The maximum atomic E-state index is 13.7. The van der Waals surface area contributed by atoms with Crippen LogP contribution in [0.25, 0.3) is 11.3 Å². The van der Waals surface area contributed by atoms with E-state index in [0.29, 0.717) is 4.57 Å². The van der Waals surface area contributed by atoms with Crippen LogP contribution in [0.15, 0.2) is 35.1 Å². The van der Waals surface area contributed by atoms with Gasteiger partial charge in [0.25, 0.3) is 12.0 Å². The van der Waals surface area contributed by atoms with E-state index in [2.05, 4.69) is 0 Å². The average Bonchev–Trinajstić information content (AvgIpc) is 2.37. The van der Waals surface area contributed by atoms with Crippen LogP contribution in [0.1, 0.15) is 0 Å². The number of hydrogen-bond donors (Lipinski definition) is 0. The summed E-state index contributed by atoms with van der Waals surface area (Å²) in [5, 5.41) is 0. The van der Waals surface area contributed by atoms with Crippen LogP contribution >= 0.6 is 22.6 Å². The van der Waals surface area contributed by atoms with Crippen LogP contribution in [-0.4, -0.2) is 11.0 Å². The molecule has 106 valence electrons. The van der Waals surface area contributed by atoms with Crippen molar-refractivity contribution in [3.8, 4) is 11.3 Å². The standard InChI is InChI=1S/C13H8F4INO/c14-7-2-1-3-8(15)12(7)10-5-4-9(18)13(20)19(10)6-11(16)17/h1-5,11H,6H2. The van der Waals surface area contributed by atoms with Crippen LogP contribution in [0, 0.1) is 15.2 Å². The lowest BCUT2D eigenvalue weighted by atomic mass is 10.1. The van der Waals surface area contributed by atoms with E-state index in [1.165, 1.54) is 12.1 Å². The van der Waals surface area contributed by atoms with E-state index >= 15 is 0 Å². The maximum Gasteiger partial charge on any atom is 0.264 e. The third kappa shape index (κ3) is 2.87. The van der Waals surface area contributed by atoms with Gasteiger partial charge in [0, 0.05) is 0 Å². The maximum absolute atomic E-state index is 13.7. The Hall–Kier alpha value is -1.38. The Bertz CT molecular complexity index is 679. The van der Waals surface area contributed by atoms with Gasteiger partial charge in [0.1, 0.15) is 11.6 Å². The second kappa shape index (κ2) is 5.94. The summed E-state index contributed by atoms with van der Waals surface area (Å²) >= 11 is 1.68. The van der Waals surface area contributed by atoms with Crippen LogP contribution in [-0.2, 0) is 6.54 Å². The lowest BCUT2D eigenvalue weighted by Gasteiger charge is -2.14. The van der Waals surface area contributed by atoms with Gasteiger partial charge >= 0.3 is 0 Å². The molecule has 0 N–H and O–H groups in total. The van der Waals surface area contributed by atoms with Gasteiger partial charge in [-0.05, 0) is 46.9 Å². The highest BCUT2D eigenvalue weighted by molar-refractivity contribution is 14.1. The molecule has 0 radical (unpaired) electrons. The molecule has 2 nitrogen and oxygen atoms in total. The minimum Gasteiger partial charge on any atom is -0.301 e. The van der Waals surface area contributed by atoms with Crippen molar-refractivity contribution in [3.05, 3.63) is 55.9 Å². The number of hydrogen-bond acceptors (Lipinski definition) is 1. The number of aromatic nitrogens is 1. The molecule has 0 saturated carbocycles. The van der Waals surface area contributed by atoms with Gasteiger partial charge in [0.15, 0.2) is 0 Å². The van der Waals surface area contributed by atoms with E-state index in [4.69, 9.17) is 0 Å². The van der Waals surface area contributed by atoms with Crippen LogP contribution in [0.5, 0.6) is 0 Å². The van der Waals surface area contributed by atoms with Gasteiger partial charge in [-0.15, -0.1) is 0 Å². The Morgan fingerprint density at radius 1 is 1.10 bits per heavy atom. The average molecular weight is 397 g/mol. The van der Waals surface area contributed by atoms with Gasteiger partial charge in [0.05, 0.1) is 21.4 Å². The number of alkyl halides is 2. The van der Waals surface area contributed by atoms with Crippen molar-refractivity contribution in [2.24, 2.45) is 0 Å². The Labute approximate surface area is 125 Å². The Morgan fingerprint density at radius 2 is 1.70 bits per heavy atom. The van der Waals surface area contributed by atoms with Gasteiger partial charge in [0.2, 0.25) is 0 Å². The van der Waals surface area contributed by atoms with E-state index in [0.717, 1.165) is 18.2 Å². The zero-order valence-electron chi connectivity index (χ0n) is 9.92. The third-order valence-corrected chi connectivity index (χ3v) is 3.49. The Kier molecular flexibility index (Phi) is 4.46. The smallest absolute Gasteiger partial charge is 0.264 e. The van der Waals surface area contributed by atoms with Crippen molar-refractivity contribution in [1.82, 2.24) is 4.57 Å². The number of pyridine rings is 1. The Morgan fingerprint density at radius 3 is 2.25 bits per heavy atom. The minimum atomic E-state index is -2.81. The Balaban J connectivity index is 2.74. The van der Waals surface area contributed by atoms with Crippen LogP contribution in [0.2, 0.25) is 0 Å². The lowest BCUT2D eigenvalue weighted by Crippen LogP contribution is -2.27. The van der Waals surface area contributed by atoms with Crippen molar-refractivity contribution in [1.29, 1.82) is 0 Å². The normalized spacial score (nSPS) is 11.1. The van der Waals surface area contributed by atoms with Crippen molar-refractivity contribution in [2.75, 3.05) is 0 Å². The van der Waals surface area contributed by atoms with E-state index < -0.39 is 35.7 Å². The predicted octanol–water partition coefficient (Wildman–Crippen LogP) is 3.66. The van der Waals surface area contributed by atoms with Crippen LogP contribution in [0.3, 0.4) is 0 Å². The summed E-state index contributed by atoms with van der Waals surface area (Å²) in [6, 6.07) is 5.77. The molecule has 0 atom stereocenters. The highest BCUT2D eigenvalue weighted by Crippen LogP contribution is 2.25. The van der Waals surface area contributed by atoms with Crippen molar-refractivity contribution < 1.29 is 17.6 Å². The van der Waals surface area contributed by atoms with Crippen molar-refractivity contribution in [2.45, 2.75) is 13.0 Å². The van der Waals surface area contributed by atoms with Gasteiger partial charge in [-0.3, -0.25) is 4.79 Å². The lowest BCUT2D eigenvalue weighted by molar-refractivity contribution is 0.125. The molecule has 0 fully saturated rings. The summed E-state index contributed by atoms with van der Waals surface area (Å²) < 4.78 is 53.5. The first-order valence-electron chi connectivity index (χ1n) is 5.53. The monoisotopic (exact) mass is 397 g/mol. The molecule has 1 heterocycles. The molecule has 0 unspecified atom stereocenters. The van der Waals surface area contributed by atoms with E-state index in [9.17, 15) is 22.4 Å². The minimum absolute atomic E-state index is 0.198. The number of benzene rings is 1. The molecular formula is C13H8F4INO. The van der Waals surface area contributed by atoms with Crippen LogP contribution in [0.4, 0.5) is 17.6 Å². The number of nitrogens with zero attached hydrogens (tertiary/aromatic N) is 1. The first kappa shape index (κ1) is 15.0. The second-order valence-electron chi connectivity index (χ2n) is 3.97. The summed E-state index contributed by atoms with van der Waals surface area (Å²) in [6.45, 7) is -0.918. The second-order valence-corrected chi connectivity index (χ2v) is 5.13. The summed E-state index contributed by atoms with van der Waals surface area (Å²) in [5.74, 6) is -1.82. The van der Waals surface area contributed by atoms with E-state index in [1.807, 2.05) is 0 Å². The molecule has 0 aliphatic carbocycles. The van der Waals surface area contributed by atoms with Gasteiger partial charge in [-0.2, -0.15) is 0 Å². The fourth-order valence-electron chi connectivity index (χ4n) is 1.83. The molecule has 0 bridgehead atoms. The van der Waals surface area contributed by atoms with Gasteiger partial charge < -0.3 is 4.57 Å². The fourth-order valence-corrected chi connectivity index (χ4v) is 2.30. The van der Waals surface area contributed by atoms with E-state index in [1.54, 1.807) is 22.6 Å². The molecule has 0 aliphatic heterocycles. The fraction of sp³-hybridized carbons (Fsp3) is 0.154. The van der Waals surface area contributed by atoms with Crippen LogP contribution < -0.4 is 5.56 Å². The first-order valence-corrected chi connectivity index (χ1v) is 6.61. The summed E-state index contributed by atoms with van der Waals surface area (Å²) in [5.41, 5.74) is -1.39. The molecule has 7 heteroatoms. The molecule has 0 aliphatic rings. The molecule has 0 amide bonds. The molecule has 20 heavy (non-hydrogen) atoms. The first-order chi connectivity index (χ1) is 9.41. The summed E-state index contributed by atoms with van der Waals surface area (Å²) in [4.78, 5) is 11.9. The summed E-state index contributed by atoms with van der Waals surface area (Å²) in [6.07, 6.45) is -2.81. The largest absolute Gasteiger partial charge is 0.301 e. The highest BCUT2D eigenvalue weighted by atomic mass is 127. The predicted molar refractivity (Wildman–Crippen MR) is 74.8 cm³/mol. The zero-order valence-corrected chi connectivity index (χ0v) is 12.1. The highest BCUT2D eigenvalue weighted by Gasteiger charge is 2.18. The summed E-state index contributed by atoms with van der Waals surface area (Å²) in [7, 11) is 0. The van der Waals surface area contributed by atoms with Gasteiger partial charge in [-0.1, -0.05) is 6.07 Å². The number of halogens is 5. The van der Waals surface area contributed by atoms with Crippen molar-refractivity contribution >= 4 is 22.6 Å². The zero-order chi connectivity index (χ0) is 14.9. The quantitative estimate of drug-likeness (QED) is 0.573. The van der Waals surface area contributed by atoms with Crippen molar-refractivity contribution in [3.63, 3.8) is 0 Å². The molecule has 1 aromatic carbocycles. The molecule has 0 spiro atoms.